The Balaban J connectivity index is 2.34. The van der Waals surface area contributed by atoms with E-state index in [1.165, 1.54) is 11.1 Å². The fourth-order valence-electron chi connectivity index (χ4n) is 1.16. The lowest BCUT2D eigenvalue weighted by atomic mass is 10.1. The van der Waals surface area contributed by atoms with Gasteiger partial charge in [0.05, 0.1) is 12.6 Å². The van der Waals surface area contributed by atoms with E-state index in [-0.39, 0.29) is 0 Å². The van der Waals surface area contributed by atoms with Crippen molar-refractivity contribution in [2.24, 2.45) is 0 Å². The van der Waals surface area contributed by atoms with Crippen LogP contribution in [0, 0.1) is 0 Å². The van der Waals surface area contributed by atoms with E-state index in [1.807, 2.05) is 22.8 Å². The molecule has 14 heavy (non-hydrogen) atoms. The molecule has 2 aromatic rings. The Morgan fingerprint density at radius 1 is 1.21 bits per heavy atom. The van der Waals surface area contributed by atoms with Crippen LogP contribution in [0.5, 0.6) is 0 Å². The molecule has 72 valence electrons. The predicted octanol–water partition coefficient (Wildman–Crippen LogP) is 4.10. The Morgan fingerprint density at radius 3 is 2.50 bits per heavy atom. The molecule has 2 nitrogen and oxygen atoms in total. The summed E-state index contributed by atoms with van der Waals surface area (Å²) in [4.78, 5) is 0. The molecule has 0 saturated carbocycles. The summed E-state index contributed by atoms with van der Waals surface area (Å²) >= 11 is 5.73. The number of rotatable bonds is 2. The third-order valence-corrected chi connectivity index (χ3v) is 4.28. The van der Waals surface area contributed by atoms with Crippen molar-refractivity contribution < 1.29 is 0 Å². The van der Waals surface area contributed by atoms with Gasteiger partial charge in [-0.3, -0.25) is 0 Å². The first-order chi connectivity index (χ1) is 6.79. The van der Waals surface area contributed by atoms with Gasteiger partial charge in [-0.15, -0.1) is 0 Å². The molecular weight excluding hydrogens is 374 g/mol. The van der Waals surface area contributed by atoms with Crippen molar-refractivity contribution in [3.05, 3.63) is 41.1 Å². The molecule has 1 unspecified atom stereocenters. The van der Waals surface area contributed by atoms with E-state index >= 15 is 0 Å². The van der Waals surface area contributed by atoms with Crippen molar-refractivity contribution >= 4 is 44.3 Å². The standard InChI is InChI=1S/C9H7BrIN2P/c10-9-3-1-7(2-4-9)8-5-12-13(6-8)14-11/h1-6,14H. The van der Waals surface area contributed by atoms with Crippen molar-refractivity contribution in [1.29, 1.82) is 0 Å². The summed E-state index contributed by atoms with van der Waals surface area (Å²) in [5.41, 5.74) is 2.37. The molecule has 1 heterocycles. The second kappa shape index (κ2) is 4.73. The third-order valence-electron chi connectivity index (χ3n) is 1.85. The van der Waals surface area contributed by atoms with E-state index in [2.05, 4.69) is 61.4 Å². The Hall–Kier alpha value is 0.0700. The highest BCUT2D eigenvalue weighted by molar-refractivity contribution is 14.2. The highest BCUT2D eigenvalue weighted by Crippen LogP contribution is 2.27. The summed E-state index contributed by atoms with van der Waals surface area (Å²) in [5, 5.41) is 4.24. The zero-order chi connectivity index (χ0) is 9.97. The molecule has 0 aliphatic carbocycles. The Labute approximate surface area is 106 Å². The number of hydrogen-bond donors (Lipinski definition) is 0. The van der Waals surface area contributed by atoms with Crippen LogP contribution < -0.4 is 0 Å². The van der Waals surface area contributed by atoms with Crippen molar-refractivity contribution in [2.45, 2.75) is 0 Å². The maximum atomic E-state index is 4.24. The molecule has 0 aliphatic heterocycles. The summed E-state index contributed by atoms with van der Waals surface area (Å²) in [5.74, 6) is 0. The molecule has 1 aromatic heterocycles. The van der Waals surface area contributed by atoms with Crippen LogP contribution in [0.15, 0.2) is 41.1 Å². The topological polar surface area (TPSA) is 17.8 Å². The first-order valence-electron chi connectivity index (χ1n) is 3.97. The number of nitrogens with zero attached hydrogens (tertiary/aromatic N) is 2. The second-order valence-electron chi connectivity index (χ2n) is 2.76. The lowest BCUT2D eigenvalue weighted by Crippen LogP contribution is -1.76. The summed E-state index contributed by atoms with van der Waals surface area (Å²) in [7, 11) is 0. The molecule has 0 radical (unpaired) electrons. The van der Waals surface area contributed by atoms with Gasteiger partial charge in [-0.25, -0.2) is 4.45 Å². The quantitative estimate of drug-likeness (QED) is 0.566. The number of halogens is 2. The molecule has 0 fully saturated rings. The number of benzene rings is 1. The third kappa shape index (κ3) is 2.35. The summed E-state index contributed by atoms with van der Waals surface area (Å²) in [6.45, 7) is 0. The minimum Gasteiger partial charge on any atom is -0.245 e. The number of aromatic nitrogens is 2. The molecule has 0 spiro atoms. The molecule has 2 rings (SSSR count). The summed E-state index contributed by atoms with van der Waals surface area (Å²) in [6.07, 6.45) is 4.62. The van der Waals surface area contributed by atoms with Crippen molar-refractivity contribution in [3.8, 4) is 11.1 Å². The highest BCUT2D eigenvalue weighted by Gasteiger charge is 2.00. The van der Waals surface area contributed by atoms with E-state index < -0.39 is 0 Å². The normalized spacial score (nSPS) is 11.3. The van der Waals surface area contributed by atoms with Gasteiger partial charge in [0.15, 0.2) is 0 Å². The van der Waals surface area contributed by atoms with Crippen LogP contribution in [0.2, 0.25) is 0 Å². The number of hydrogen-bond acceptors (Lipinski definition) is 1. The predicted molar refractivity (Wildman–Crippen MR) is 73.1 cm³/mol. The van der Waals surface area contributed by atoms with Crippen molar-refractivity contribution in [1.82, 2.24) is 9.55 Å². The lowest BCUT2D eigenvalue weighted by Gasteiger charge is -1.96. The van der Waals surface area contributed by atoms with Crippen LogP contribution >= 0.6 is 44.3 Å². The van der Waals surface area contributed by atoms with Crippen LogP contribution in [-0.2, 0) is 0 Å². The Morgan fingerprint density at radius 2 is 1.93 bits per heavy atom. The molecule has 1 aromatic carbocycles. The monoisotopic (exact) mass is 380 g/mol. The fraction of sp³-hybridized carbons (Fsp3) is 0. The first-order valence-corrected chi connectivity index (χ1v) is 8.82. The molecule has 0 amide bonds. The second-order valence-corrected chi connectivity index (χ2v) is 5.76. The maximum absolute atomic E-state index is 4.24. The SMILES string of the molecule is Brc1ccc(-c2cnn(PI)c2)cc1. The zero-order valence-corrected chi connectivity index (χ0v) is 11.9. The average molecular weight is 381 g/mol. The van der Waals surface area contributed by atoms with E-state index in [9.17, 15) is 0 Å². The Kier molecular flexibility index (Phi) is 3.57. The largest absolute Gasteiger partial charge is 0.245 e. The van der Waals surface area contributed by atoms with Gasteiger partial charge in [0.1, 0.15) is 0 Å². The van der Waals surface area contributed by atoms with Gasteiger partial charge in [-0.05, 0) is 39.7 Å². The van der Waals surface area contributed by atoms with E-state index in [1.54, 1.807) is 0 Å². The molecule has 5 heteroatoms. The van der Waals surface area contributed by atoms with E-state index in [0.717, 1.165) is 4.47 Å². The maximum Gasteiger partial charge on any atom is 0.0677 e. The van der Waals surface area contributed by atoms with Crippen LogP contribution in [0.1, 0.15) is 0 Å². The molecule has 0 aliphatic rings. The van der Waals surface area contributed by atoms with Gasteiger partial charge >= 0.3 is 0 Å². The van der Waals surface area contributed by atoms with Gasteiger partial charge in [-0.2, -0.15) is 5.10 Å². The summed E-state index contributed by atoms with van der Waals surface area (Å²) in [6, 6.07) is 8.25. The van der Waals surface area contributed by atoms with Gasteiger partial charge in [-0.1, -0.05) is 28.1 Å². The smallest absolute Gasteiger partial charge is 0.0677 e. The molecule has 1 atom stereocenters. The zero-order valence-electron chi connectivity index (χ0n) is 7.11. The molecule has 0 bridgehead atoms. The van der Waals surface area contributed by atoms with Crippen LogP contribution in [0.25, 0.3) is 11.1 Å². The van der Waals surface area contributed by atoms with E-state index in [4.69, 9.17) is 0 Å². The first kappa shape index (κ1) is 10.6. The lowest BCUT2D eigenvalue weighted by molar-refractivity contribution is 1.01. The van der Waals surface area contributed by atoms with E-state index in [0.29, 0.717) is 6.37 Å². The molecular formula is C9H7BrIN2P. The highest BCUT2D eigenvalue weighted by atomic mass is 127. The molecule has 0 N–H and O–H groups in total. The van der Waals surface area contributed by atoms with Gasteiger partial charge in [0, 0.05) is 16.2 Å². The van der Waals surface area contributed by atoms with Crippen LogP contribution in [0.3, 0.4) is 0 Å². The fourth-order valence-corrected chi connectivity index (χ4v) is 2.51. The van der Waals surface area contributed by atoms with Gasteiger partial charge in [0.25, 0.3) is 0 Å². The minimum absolute atomic E-state index is 0.660. The van der Waals surface area contributed by atoms with Gasteiger partial charge < -0.3 is 0 Å². The summed E-state index contributed by atoms with van der Waals surface area (Å²) < 4.78 is 3.04. The van der Waals surface area contributed by atoms with Crippen LogP contribution in [-0.4, -0.2) is 9.55 Å². The average Bonchev–Trinajstić information content (AvgIpc) is 2.67. The molecule has 0 saturated heterocycles. The van der Waals surface area contributed by atoms with Crippen molar-refractivity contribution in [2.75, 3.05) is 0 Å². The Bertz CT molecular complexity index is 427. The van der Waals surface area contributed by atoms with Crippen LogP contribution in [0.4, 0.5) is 0 Å². The minimum atomic E-state index is 0.660. The van der Waals surface area contributed by atoms with Crippen molar-refractivity contribution in [3.63, 3.8) is 0 Å². The van der Waals surface area contributed by atoms with Gasteiger partial charge in [0.2, 0.25) is 0 Å².